The largest absolute Gasteiger partial charge is 0.497 e. The van der Waals surface area contributed by atoms with E-state index in [1.165, 1.54) is 12.7 Å². The molecule has 3 fully saturated rings. The van der Waals surface area contributed by atoms with Crippen LogP contribution in [0.5, 0.6) is 5.75 Å². The summed E-state index contributed by atoms with van der Waals surface area (Å²) in [5.41, 5.74) is 4.00. The number of nitrogens with one attached hydrogen (secondary N) is 1. The van der Waals surface area contributed by atoms with Crippen LogP contribution in [-0.4, -0.2) is 69.9 Å². The Morgan fingerprint density at radius 2 is 1.54 bits per heavy atom. The molecule has 6 rings (SSSR count). The Hall–Kier alpha value is -3.20. The number of piperidine rings is 1. The minimum Gasteiger partial charge on any atom is -0.497 e. The van der Waals surface area contributed by atoms with Gasteiger partial charge in [0.1, 0.15) is 5.75 Å². The van der Waals surface area contributed by atoms with Gasteiger partial charge in [-0.15, -0.1) is 0 Å². The minimum atomic E-state index is -3.57. The number of carbonyl (C=O) groups excluding carboxylic acids is 1. The van der Waals surface area contributed by atoms with Gasteiger partial charge in [-0.05, 0) is 41.0 Å². The van der Waals surface area contributed by atoms with Crippen LogP contribution < -0.4 is 10.1 Å². The molecule has 35 heavy (non-hydrogen) atoms. The smallest absolute Gasteiger partial charge is 0.253 e. The fourth-order valence-corrected chi connectivity index (χ4v) is 6.55. The molecule has 3 aliphatic heterocycles. The minimum absolute atomic E-state index is 0.0154. The monoisotopic (exact) mass is 491 g/mol. The number of hydrogen-bond donors (Lipinski definition) is 1. The van der Waals surface area contributed by atoms with Gasteiger partial charge < -0.3 is 15.0 Å². The molecule has 0 radical (unpaired) electrons. The molecule has 0 saturated carbocycles. The standard InChI is InChI=1S/C27H29N3O4S/c1-29(2)27(31)21-13-9-19(10-14-21)18-7-11-20(12-8-18)26-24-16-30(17-25(26)28-24)35(32,33)23-6-4-5-22(15-23)34-3/h4-15,24-26,28H,16-17H2,1-3H3/t24-,25+,26?. The van der Waals surface area contributed by atoms with Gasteiger partial charge in [0.05, 0.1) is 12.0 Å². The summed E-state index contributed by atoms with van der Waals surface area (Å²) in [5.74, 6) is 0.794. The molecule has 3 saturated heterocycles. The number of hydrogen-bond acceptors (Lipinski definition) is 5. The lowest BCUT2D eigenvalue weighted by Crippen LogP contribution is -2.72. The Bertz CT molecular complexity index is 1330. The van der Waals surface area contributed by atoms with E-state index in [0.29, 0.717) is 24.4 Å². The predicted molar refractivity (Wildman–Crippen MR) is 135 cm³/mol. The molecule has 3 aromatic rings. The number of piperazine rings is 1. The molecule has 3 atom stereocenters. The van der Waals surface area contributed by atoms with Crippen LogP contribution in [0.4, 0.5) is 0 Å². The van der Waals surface area contributed by atoms with Crippen LogP contribution in [0, 0.1) is 0 Å². The van der Waals surface area contributed by atoms with Gasteiger partial charge in [-0.25, -0.2) is 8.42 Å². The fraction of sp³-hybridized carbons (Fsp3) is 0.296. The van der Waals surface area contributed by atoms with Gasteiger partial charge in [0.2, 0.25) is 10.0 Å². The molecular formula is C27H29N3O4S. The molecule has 2 bridgehead atoms. The van der Waals surface area contributed by atoms with Gasteiger partial charge in [0, 0.05) is 56.8 Å². The van der Waals surface area contributed by atoms with Crippen LogP contribution >= 0.6 is 0 Å². The number of fused-ring (bicyclic) bond motifs is 2. The van der Waals surface area contributed by atoms with Crippen LogP contribution in [0.1, 0.15) is 21.8 Å². The lowest BCUT2D eigenvalue weighted by atomic mass is 9.75. The van der Waals surface area contributed by atoms with E-state index in [1.54, 1.807) is 47.6 Å². The summed E-state index contributed by atoms with van der Waals surface area (Å²) in [7, 11) is 1.44. The molecule has 3 aliphatic rings. The van der Waals surface area contributed by atoms with Crippen molar-refractivity contribution in [2.45, 2.75) is 22.9 Å². The molecule has 0 aromatic heterocycles. The number of amides is 1. The van der Waals surface area contributed by atoms with E-state index in [0.717, 1.165) is 11.1 Å². The number of ether oxygens (including phenoxy) is 1. The van der Waals surface area contributed by atoms with Crippen molar-refractivity contribution in [2.75, 3.05) is 34.3 Å². The van der Waals surface area contributed by atoms with E-state index in [2.05, 4.69) is 29.6 Å². The summed E-state index contributed by atoms with van der Waals surface area (Å²) < 4.78 is 33.2. The van der Waals surface area contributed by atoms with Gasteiger partial charge in [0.25, 0.3) is 5.91 Å². The Labute approximate surface area is 206 Å². The predicted octanol–water partition coefficient (Wildman–Crippen LogP) is 3.19. The quantitative estimate of drug-likeness (QED) is 0.573. The topological polar surface area (TPSA) is 79.0 Å². The van der Waals surface area contributed by atoms with Crippen molar-refractivity contribution in [3.05, 3.63) is 83.9 Å². The first-order valence-corrected chi connectivity index (χ1v) is 13.0. The highest BCUT2D eigenvalue weighted by Crippen LogP contribution is 2.39. The Morgan fingerprint density at radius 3 is 2.11 bits per heavy atom. The summed E-state index contributed by atoms with van der Waals surface area (Å²) in [6.07, 6.45) is 0. The van der Waals surface area contributed by atoms with Gasteiger partial charge in [-0.1, -0.05) is 42.5 Å². The third-order valence-electron chi connectivity index (χ3n) is 6.94. The van der Waals surface area contributed by atoms with E-state index >= 15 is 0 Å². The van der Waals surface area contributed by atoms with E-state index < -0.39 is 10.0 Å². The number of nitrogens with zero attached hydrogens (tertiary/aromatic N) is 2. The summed E-state index contributed by atoms with van der Waals surface area (Å²) in [4.78, 5) is 13.9. The van der Waals surface area contributed by atoms with E-state index in [-0.39, 0.29) is 28.8 Å². The highest BCUT2D eigenvalue weighted by atomic mass is 32.2. The number of carbonyl (C=O) groups is 1. The number of methoxy groups -OCH3 is 1. The van der Waals surface area contributed by atoms with Crippen molar-refractivity contribution >= 4 is 15.9 Å². The zero-order valence-corrected chi connectivity index (χ0v) is 20.8. The van der Waals surface area contributed by atoms with Gasteiger partial charge in [-0.3, -0.25) is 4.79 Å². The Balaban J connectivity index is 1.28. The Morgan fingerprint density at radius 1 is 0.943 bits per heavy atom. The summed E-state index contributed by atoms with van der Waals surface area (Å²) in [6.45, 7) is 0.869. The summed E-state index contributed by atoms with van der Waals surface area (Å²) >= 11 is 0. The van der Waals surface area contributed by atoms with Crippen molar-refractivity contribution in [3.63, 3.8) is 0 Å². The average molecular weight is 492 g/mol. The molecule has 1 amide bonds. The molecule has 8 heteroatoms. The van der Waals surface area contributed by atoms with E-state index in [9.17, 15) is 13.2 Å². The molecule has 1 N–H and O–H groups in total. The first-order valence-electron chi connectivity index (χ1n) is 11.6. The second kappa shape index (κ2) is 9.11. The van der Waals surface area contributed by atoms with Crippen molar-refractivity contribution in [1.82, 2.24) is 14.5 Å². The third-order valence-corrected chi connectivity index (χ3v) is 8.77. The SMILES string of the molecule is COc1cccc(S(=O)(=O)N2C[C@@H]3N[C@H](C2)C3c2ccc(-c3ccc(C(=O)N(C)C)cc3)cc2)c1. The maximum atomic E-state index is 13.2. The normalized spacial score (nSPS) is 21.7. The second-order valence-corrected chi connectivity index (χ2v) is 11.2. The maximum absolute atomic E-state index is 13.2. The summed E-state index contributed by atoms with van der Waals surface area (Å²) in [6, 6.07) is 22.9. The zero-order chi connectivity index (χ0) is 24.7. The molecule has 3 heterocycles. The van der Waals surface area contributed by atoms with Gasteiger partial charge in [-0.2, -0.15) is 4.31 Å². The number of rotatable bonds is 6. The first kappa shape index (κ1) is 23.5. The molecule has 1 unspecified atom stereocenters. The third kappa shape index (κ3) is 4.33. The van der Waals surface area contributed by atoms with Crippen LogP contribution in [0.15, 0.2) is 77.7 Å². The highest BCUT2D eigenvalue weighted by Gasteiger charge is 2.49. The van der Waals surface area contributed by atoms with E-state index in [1.807, 2.05) is 24.3 Å². The van der Waals surface area contributed by atoms with Crippen LogP contribution in [0.2, 0.25) is 0 Å². The Kier molecular flexibility index (Phi) is 6.13. The van der Waals surface area contributed by atoms with Crippen LogP contribution in [-0.2, 0) is 10.0 Å². The van der Waals surface area contributed by atoms with Crippen molar-refractivity contribution in [3.8, 4) is 16.9 Å². The number of benzene rings is 3. The lowest BCUT2D eigenvalue weighted by Gasteiger charge is -2.54. The molecular weight excluding hydrogens is 462 g/mol. The van der Waals surface area contributed by atoms with Gasteiger partial charge >= 0.3 is 0 Å². The maximum Gasteiger partial charge on any atom is 0.253 e. The molecule has 3 aromatic carbocycles. The highest BCUT2D eigenvalue weighted by molar-refractivity contribution is 7.89. The van der Waals surface area contributed by atoms with Crippen LogP contribution in [0.3, 0.4) is 0 Å². The molecule has 0 aliphatic carbocycles. The van der Waals surface area contributed by atoms with E-state index in [4.69, 9.17) is 4.74 Å². The van der Waals surface area contributed by atoms with Crippen molar-refractivity contribution < 1.29 is 17.9 Å². The summed E-state index contributed by atoms with van der Waals surface area (Å²) in [5, 5.41) is 3.51. The number of sulfonamides is 1. The van der Waals surface area contributed by atoms with Gasteiger partial charge in [0.15, 0.2) is 0 Å². The average Bonchev–Trinajstić information content (AvgIpc) is 2.88. The first-order chi connectivity index (χ1) is 16.8. The van der Waals surface area contributed by atoms with Crippen molar-refractivity contribution in [1.29, 1.82) is 0 Å². The zero-order valence-electron chi connectivity index (χ0n) is 20.0. The second-order valence-electron chi connectivity index (χ2n) is 9.31. The molecule has 0 spiro atoms. The van der Waals surface area contributed by atoms with Crippen molar-refractivity contribution in [2.24, 2.45) is 0 Å². The molecule has 182 valence electrons. The van der Waals surface area contributed by atoms with Crippen LogP contribution in [0.25, 0.3) is 11.1 Å². The molecule has 7 nitrogen and oxygen atoms in total. The lowest BCUT2D eigenvalue weighted by molar-refractivity contribution is 0.0827. The fourth-order valence-electron chi connectivity index (χ4n) is 5.02.